The van der Waals surface area contributed by atoms with Gasteiger partial charge in [0.15, 0.2) is 6.10 Å². The quantitative estimate of drug-likeness (QED) is 0.520. The predicted molar refractivity (Wildman–Crippen MR) is 31.1 cm³/mol. The molecule has 1 aliphatic heterocycles. The molecule has 1 atom stereocenters. The summed E-state index contributed by atoms with van der Waals surface area (Å²) in [5.74, 6) is -0.933. The minimum Gasteiger partial charge on any atom is -0.479 e. The van der Waals surface area contributed by atoms with Crippen molar-refractivity contribution in [3.8, 4) is 0 Å². The molecule has 0 aliphatic carbocycles. The van der Waals surface area contributed by atoms with Crippen LogP contribution < -0.4 is 0 Å². The van der Waals surface area contributed by atoms with Gasteiger partial charge in [-0.2, -0.15) is 0 Å². The monoisotopic (exact) mass is 128 g/mol. The first-order valence-electron chi connectivity index (χ1n) is 2.74. The molecule has 0 bridgehead atoms. The molecule has 0 amide bonds. The van der Waals surface area contributed by atoms with E-state index in [2.05, 4.69) is 6.58 Å². The summed E-state index contributed by atoms with van der Waals surface area (Å²) in [6.45, 7) is 4.05. The topological polar surface area (TPSA) is 46.5 Å². The molecule has 1 fully saturated rings. The molecule has 0 aromatic rings. The molecule has 3 nitrogen and oxygen atoms in total. The summed E-state index contributed by atoms with van der Waals surface area (Å²) < 4.78 is 4.83. The fourth-order valence-corrected chi connectivity index (χ4v) is 0.803. The summed E-state index contributed by atoms with van der Waals surface area (Å²) >= 11 is 0. The van der Waals surface area contributed by atoms with Crippen molar-refractivity contribution >= 4 is 5.97 Å². The Morgan fingerprint density at radius 2 is 2.56 bits per heavy atom. The van der Waals surface area contributed by atoms with Crippen LogP contribution in [-0.2, 0) is 9.53 Å². The highest BCUT2D eigenvalue weighted by Gasteiger charge is 2.26. The Balaban J connectivity index is 2.60. The zero-order valence-corrected chi connectivity index (χ0v) is 4.96. The number of hydrogen-bond acceptors (Lipinski definition) is 2. The average Bonchev–Trinajstić information content (AvgIpc) is 2.13. The molecule has 0 saturated carbocycles. The van der Waals surface area contributed by atoms with E-state index in [0.717, 1.165) is 0 Å². The zero-order valence-electron chi connectivity index (χ0n) is 4.96. The lowest BCUT2D eigenvalue weighted by Gasteiger charge is -2.01. The van der Waals surface area contributed by atoms with Gasteiger partial charge in [0.1, 0.15) is 0 Å². The average molecular weight is 128 g/mol. The van der Waals surface area contributed by atoms with Crippen LogP contribution in [0.4, 0.5) is 0 Å². The van der Waals surface area contributed by atoms with Gasteiger partial charge >= 0.3 is 5.97 Å². The third-order valence-electron chi connectivity index (χ3n) is 1.30. The van der Waals surface area contributed by atoms with Crippen LogP contribution in [0, 0.1) is 0 Å². The second-order valence-corrected chi connectivity index (χ2v) is 2.00. The maximum atomic E-state index is 10.2. The number of carboxylic acids is 1. The Morgan fingerprint density at radius 1 is 1.89 bits per heavy atom. The van der Waals surface area contributed by atoms with Crippen molar-refractivity contribution in [1.82, 2.24) is 0 Å². The Kier molecular flexibility index (Phi) is 1.53. The summed E-state index contributed by atoms with van der Waals surface area (Å²) in [4.78, 5) is 10.2. The Bertz CT molecular complexity index is 150. The Morgan fingerprint density at radius 3 is 2.78 bits per heavy atom. The summed E-state index contributed by atoms with van der Waals surface area (Å²) in [6.07, 6.45) is -0.0678. The van der Waals surface area contributed by atoms with E-state index in [9.17, 15) is 4.79 Å². The maximum Gasteiger partial charge on any atom is 0.337 e. The summed E-state index contributed by atoms with van der Waals surface area (Å²) in [7, 11) is 0. The first-order chi connectivity index (χ1) is 4.22. The van der Waals surface area contributed by atoms with Crippen LogP contribution in [0.15, 0.2) is 12.2 Å². The molecule has 1 N–H and O–H groups in total. The fraction of sp³-hybridized carbons (Fsp3) is 0.500. The largest absolute Gasteiger partial charge is 0.479 e. The minimum absolute atomic E-state index is 0.496. The summed E-state index contributed by atoms with van der Waals surface area (Å²) in [6, 6.07) is 0. The third-order valence-corrected chi connectivity index (χ3v) is 1.30. The number of rotatable bonds is 1. The van der Waals surface area contributed by atoms with Crippen LogP contribution in [0.2, 0.25) is 0 Å². The molecule has 1 aliphatic rings. The molecule has 50 valence electrons. The second-order valence-electron chi connectivity index (χ2n) is 2.00. The van der Waals surface area contributed by atoms with Gasteiger partial charge in [-0.05, 0) is 12.0 Å². The van der Waals surface area contributed by atoms with Crippen LogP contribution in [-0.4, -0.2) is 23.8 Å². The van der Waals surface area contributed by atoms with Gasteiger partial charge < -0.3 is 9.84 Å². The number of aliphatic carboxylic acids is 1. The smallest absolute Gasteiger partial charge is 0.337 e. The van der Waals surface area contributed by atoms with E-state index in [0.29, 0.717) is 18.6 Å². The highest BCUT2D eigenvalue weighted by atomic mass is 16.5. The van der Waals surface area contributed by atoms with Crippen molar-refractivity contribution in [2.75, 3.05) is 6.61 Å². The molecule has 0 aromatic carbocycles. The molecule has 1 saturated heterocycles. The van der Waals surface area contributed by atoms with Crippen LogP contribution in [0.1, 0.15) is 6.42 Å². The van der Waals surface area contributed by atoms with Gasteiger partial charge in [0.2, 0.25) is 0 Å². The van der Waals surface area contributed by atoms with Crippen LogP contribution in [0.3, 0.4) is 0 Å². The van der Waals surface area contributed by atoms with E-state index >= 15 is 0 Å². The van der Waals surface area contributed by atoms with Crippen molar-refractivity contribution in [1.29, 1.82) is 0 Å². The molecular weight excluding hydrogens is 120 g/mol. The summed E-state index contributed by atoms with van der Waals surface area (Å²) in [5, 5.41) is 8.40. The number of hydrogen-bond donors (Lipinski definition) is 1. The number of carboxylic acid groups (broad SMARTS) is 1. The lowest BCUT2D eigenvalue weighted by Crippen LogP contribution is -2.19. The molecule has 1 rings (SSSR count). The summed E-state index contributed by atoms with van der Waals surface area (Å²) in [5.41, 5.74) is 0.669. The van der Waals surface area contributed by atoms with Crippen molar-refractivity contribution in [2.24, 2.45) is 0 Å². The highest BCUT2D eigenvalue weighted by molar-refractivity contribution is 5.76. The molecule has 1 unspecified atom stereocenters. The Hall–Kier alpha value is -0.830. The second kappa shape index (κ2) is 2.19. The lowest BCUT2D eigenvalue weighted by atomic mass is 10.1. The number of carbonyl (C=O) groups is 1. The van der Waals surface area contributed by atoms with Crippen LogP contribution in [0.25, 0.3) is 0 Å². The van der Waals surface area contributed by atoms with Gasteiger partial charge in [-0.1, -0.05) is 6.58 Å². The molecule has 0 radical (unpaired) electrons. The van der Waals surface area contributed by atoms with Gasteiger partial charge in [-0.25, -0.2) is 4.79 Å². The minimum atomic E-state index is -0.933. The van der Waals surface area contributed by atoms with E-state index in [4.69, 9.17) is 9.84 Å². The Labute approximate surface area is 52.9 Å². The molecule has 1 heterocycles. The van der Waals surface area contributed by atoms with Gasteiger partial charge in [0.05, 0.1) is 6.61 Å². The molecule has 0 aromatic heterocycles. The predicted octanol–water partition coefficient (Wildman–Crippen LogP) is 0.416. The standard InChI is InChI=1S/C6H8O3/c1-4-2-3-9-5(4)6(7)8/h5H,1-3H2,(H,7,8). The van der Waals surface area contributed by atoms with Gasteiger partial charge in [0, 0.05) is 0 Å². The van der Waals surface area contributed by atoms with E-state index in [1.54, 1.807) is 0 Å². The van der Waals surface area contributed by atoms with E-state index in [-0.39, 0.29) is 0 Å². The van der Waals surface area contributed by atoms with Crippen molar-refractivity contribution in [3.05, 3.63) is 12.2 Å². The van der Waals surface area contributed by atoms with Crippen LogP contribution >= 0.6 is 0 Å². The molecule has 3 heteroatoms. The zero-order chi connectivity index (χ0) is 6.85. The molecular formula is C6H8O3. The lowest BCUT2D eigenvalue weighted by molar-refractivity contribution is -0.145. The fourth-order valence-electron chi connectivity index (χ4n) is 0.803. The molecule has 0 spiro atoms. The highest BCUT2D eigenvalue weighted by Crippen LogP contribution is 2.17. The van der Waals surface area contributed by atoms with Crippen molar-refractivity contribution in [2.45, 2.75) is 12.5 Å². The number of ether oxygens (including phenoxy) is 1. The van der Waals surface area contributed by atoms with E-state index in [1.165, 1.54) is 0 Å². The van der Waals surface area contributed by atoms with E-state index in [1.807, 2.05) is 0 Å². The van der Waals surface area contributed by atoms with Gasteiger partial charge in [-0.3, -0.25) is 0 Å². The first kappa shape index (κ1) is 6.29. The maximum absolute atomic E-state index is 10.2. The SMILES string of the molecule is C=C1CCOC1C(=O)O. The van der Waals surface area contributed by atoms with Crippen LogP contribution in [0.5, 0.6) is 0 Å². The van der Waals surface area contributed by atoms with Gasteiger partial charge in [0.25, 0.3) is 0 Å². The van der Waals surface area contributed by atoms with E-state index < -0.39 is 12.1 Å². The van der Waals surface area contributed by atoms with Crippen molar-refractivity contribution < 1.29 is 14.6 Å². The first-order valence-corrected chi connectivity index (χ1v) is 2.74. The van der Waals surface area contributed by atoms with Crippen molar-refractivity contribution in [3.63, 3.8) is 0 Å². The normalized spacial score (nSPS) is 26.7. The van der Waals surface area contributed by atoms with Gasteiger partial charge in [-0.15, -0.1) is 0 Å². The third kappa shape index (κ3) is 1.10. The molecule has 9 heavy (non-hydrogen) atoms.